The maximum absolute atomic E-state index is 11.9. The molecule has 1 aromatic rings. The van der Waals surface area contributed by atoms with Gasteiger partial charge in [-0.2, -0.15) is 0 Å². The highest BCUT2D eigenvalue weighted by Crippen LogP contribution is 2.22. The molecular weight excluding hydrogens is 268 g/mol. The molecule has 100 valence electrons. The Morgan fingerprint density at radius 1 is 1.61 bits per heavy atom. The van der Waals surface area contributed by atoms with Crippen molar-refractivity contribution in [3.63, 3.8) is 0 Å². The molecule has 0 radical (unpaired) electrons. The van der Waals surface area contributed by atoms with Crippen molar-refractivity contribution in [3.8, 4) is 0 Å². The zero-order chi connectivity index (χ0) is 13.0. The largest absolute Gasteiger partial charge is 0.352 e. The number of nitrogens with one attached hydrogen (secondary N) is 2. The molecule has 1 aromatic heterocycles. The normalized spacial score (nSPS) is 23.9. The first-order valence-corrected chi connectivity index (χ1v) is 7.61. The van der Waals surface area contributed by atoms with Gasteiger partial charge in [0.2, 0.25) is 5.91 Å². The second kappa shape index (κ2) is 6.55. The second-order valence-corrected chi connectivity index (χ2v) is 6.56. The van der Waals surface area contributed by atoms with E-state index in [-0.39, 0.29) is 11.9 Å². The van der Waals surface area contributed by atoms with Crippen LogP contribution in [-0.4, -0.2) is 24.5 Å². The third kappa shape index (κ3) is 3.97. The molecule has 2 unspecified atom stereocenters. The number of piperidine rings is 1. The summed E-state index contributed by atoms with van der Waals surface area (Å²) < 4.78 is 0.788. The average Bonchev–Trinajstić information content (AvgIpc) is 2.76. The lowest BCUT2D eigenvalue weighted by molar-refractivity contribution is -0.122. The summed E-state index contributed by atoms with van der Waals surface area (Å²) in [6.45, 7) is 3.18. The molecule has 18 heavy (non-hydrogen) atoms. The summed E-state index contributed by atoms with van der Waals surface area (Å²) in [6.07, 6.45) is 3.53. The molecule has 2 heterocycles. The van der Waals surface area contributed by atoms with Crippen LogP contribution in [-0.2, 0) is 11.2 Å². The molecule has 1 aliphatic heterocycles. The van der Waals surface area contributed by atoms with Gasteiger partial charge < -0.3 is 10.6 Å². The fraction of sp³-hybridized carbons (Fsp3) is 0.615. The lowest BCUT2D eigenvalue weighted by atomic mass is 10.00. The Labute approximate surface area is 117 Å². The quantitative estimate of drug-likeness (QED) is 0.893. The lowest BCUT2D eigenvalue weighted by Crippen LogP contribution is -2.51. The van der Waals surface area contributed by atoms with Crippen molar-refractivity contribution < 1.29 is 4.79 Å². The predicted octanol–water partition coefficient (Wildman–Crippen LogP) is 2.59. The van der Waals surface area contributed by atoms with Crippen LogP contribution in [0.4, 0.5) is 0 Å². The first kappa shape index (κ1) is 13.8. The SMILES string of the molecule is CC1NCCCC1NC(=O)CCc1ccc(Cl)s1. The van der Waals surface area contributed by atoms with Crippen LogP contribution in [0.3, 0.4) is 0 Å². The molecule has 1 amide bonds. The van der Waals surface area contributed by atoms with Gasteiger partial charge in [0.15, 0.2) is 0 Å². The van der Waals surface area contributed by atoms with Gasteiger partial charge >= 0.3 is 0 Å². The van der Waals surface area contributed by atoms with Gasteiger partial charge in [-0.3, -0.25) is 4.79 Å². The fourth-order valence-corrected chi connectivity index (χ4v) is 3.33. The van der Waals surface area contributed by atoms with E-state index in [0.717, 1.165) is 30.1 Å². The Bertz CT molecular complexity index is 407. The standard InChI is InChI=1S/C13H19ClN2OS/c1-9-11(3-2-8-15-9)16-13(17)7-5-10-4-6-12(14)18-10/h4,6,9,11,15H,2-3,5,7-8H2,1H3,(H,16,17). The van der Waals surface area contributed by atoms with Gasteiger partial charge in [0.05, 0.1) is 4.34 Å². The number of hydrogen-bond donors (Lipinski definition) is 2. The van der Waals surface area contributed by atoms with Gasteiger partial charge in [-0.15, -0.1) is 11.3 Å². The van der Waals surface area contributed by atoms with E-state index >= 15 is 0 Å². The van der Waals surface area contributed by atoms with E-state index in [1.807, 2.05) is 12.1 Å². The highest BCUT2D eigenvalue weighted by Gasteiger charge is 2.22. The van der Waals surface area contributed by atoms with Gasteiger partial charge in [0.25, 0.3) is 0 Å². The van der Waals surface area contributed by atoms with Crippen molar-refractivity contribution in [2.24, 2.45) is 0 Å². The summed E-state index contributed by atoms with van der Waals surface area (Å²) in [5.74, 6) is 0.139. The van der Waals surface area contributed by atoms with Crippen molar-refractivity contribution in [2.75, 3.05) is 6.54 Å². The summed E-state index contributed by atoms with van der Waals surface area (Å²) in [5.41, 5.74) is 0. The van der Waals surface area contributed by atoms with Crippen molar-refractivity contribution in [3.05, 3.63) is 21.3 Å². The fourth-order valence-electron chi connectivity index (χ4n) is 2.24. The molecule has 5 heteroatoms. The van der Waals surface area contributed by atoms with Crippen LogP contribution in [0.1, 0.15) is 31.1 Å². The molecule has 2 rings (SSSR count). The van der Waals surface area contributed by atoms with E-state index in [4.69, 9.17) is 11.6 Å². The third-order valence-electron chi connectivity index (χ3n) is 3.34. The van der Waals surface area contributed by atoms with Crippen molar-refractivity contribution in [1.29, 1.82) is 0 Å². The number of aryl methyl sites for hydroxylation is 1. The molecule has 2 N–H and O–H groups in total. The van der Waals surface area contributed by atoms with E-state index in [1.165, 1.54) is 4.88 Å². The first-order valence-electron chi connectivity index (χ1n) is 6.42. The monoisotopic (exact) mass is 286 g/mol. The summed E-state index contributed by atoms with van der Waals surface area (Å²) in [4.78, 5) is 13.0. The zero-order valence-electron chi connectivity index (χ0n) is 10.5. The summed E-state index contributed by atoms with van der Waals surface area (Å²) >= 11 is 7.41. The average molecular weight is 287 g/mol. The number of rotatable bonds is 4. The maximum Gasteiger partial charge on any atom is 0.220 e. The van der Waals surface area contributed by atoms with E-state index < -0.39 is 0 Å². The van der Waals surface area contributed by atoms with Gasteiger partial charge in [-0.05, 0) is 44.9 Å². The highest BCUT2D eigenvalue weighted by molar-refractivity contribution is 7.16. The molecule has 1 fully saturated rings. The maximum atomic E-state index is 11.9. The number of carbonyl (C=O) groups excluding carboxylic acids is 1. The lowest BCUT2D eigenvalue weighted by Gasteiger charge is -2.30. The topological polar surface area (TPSA) is 41.1 Å². The predicted molar refractivity (Wildman–Crippen MR) is 76.3 cm³/mol. The minimum atomic E-state index is 0.139. The number of amides is 1. The summed E-state index contributed by atoms with van der Waals surface area (Å²) in [5, 5.41) is 6.50. The van der Waals surface area contributed by atoms with E-state index in [0.29, 0.717) is 12.5 Å². The second-order valence-electron chi connectivity index (χ2n) is 4.76. The molecule has 1 saturated heterocycles. The first-order chi connectivity index (χ1) is 8.65. The zero-order valence-corrected chi connectivity index (χ0v) is 12.1. The van der Waals surface area contributed by atoms with Crippen LogP contribution in [0.2, 0.25) is 4.34 Å². The van der Waals surface area contributed by atoms with E-state index in [1.54, 1.807) is 11.3 Å². The van der Waals surface area contributed by atoms with Crippen molar-refractivity contribution in [1.82, 2.24) is 10.6 Å². The van der Waals surface area contributed by atoms with Crippen LogP contribution in [0.5, 0.6) is 0 Å². The molecule has 0 spiro atoms. The molecule has 0 bridgehead atoms. The molecule has 3 nitrogen and oxygen atoms in total. The minimum absolute atomic E-state index is 0.139. The van der Waals surface area contributed by atoms with Crippen LogP contribution in [0.25, 0.3) is 0 Å². The molecular formula is C13H19ClN2OS. The Kier molecular flexibility index (Phi) is 5.03. The van der Waals surface area contributed by atoms with E-state index in [2.05, 4.69) is 17.6 Å². The van der Waals surface area contributed by atoms with Crippen molar-refractivity contribution >= 4 is 28.8 Å². The summed E-state index contributed by atoms with van der Waals surface area (Å²) in [6, 6.07) is 4.52. The highest BCUT2D eigenvalue weighted by atomic mass is 35.5. The Morgan fingerprint density at radius 3 is 3.11 bits per heavy atom. The number of halogens is 1. The number of thiophene rings is 1. The number of carbonyl (C=O) groups is 1. The smallest absolute Gasteiger partial charge is 0.220 e. The Morgan fingerprint density at radius 2 is 2.44 bits per heavy atom. The summed E-state index contributed by atoms with van der Waals surface area (Å²) in [7, 11) is 0. The Balaban J connectivity index is 1.74. The molecule has 0 aliphatic carbocycles. The van der Waals surface area contributed by atoms with Crippen LogP contribution in [0, 0.1) is 0 Å². The van der Waals surface area contributed by atoms with Crippen LogP contribution >= 0.6 is 22.9 Å². The van der Waals surface area contributed by atoms with Gasteiger partial charge in [0.1, 0.15) is 0 Å². The van der Waals surface area contributed by atoms with E-state index in [9.17, 15) is 4.79 Å². The third-order valence-corrected chi connectivity index (χ3v) is 4.63. The van der Waals surface area contributed by atoms with Crippen LogP contribution in [0.15, 0.2) is 12.1 Å². The van der Waals surface area contributed by atoms with Crippen molar-refractivity contribution in [2.45, 2.75) is 44.7 Å². The molecule has 0 aromatic carbocycles. The molecule has 0 saturated carbocycles. The molecule has 1 aliphatic rings. The molecule has 2 atom stereocenters. The Hall–Kier alpha value is -0.580. The van der Waals surface area contributed by atoms with Crippen LogP contribution < -0.4 is 10.6 Å². The van der Waals surface area contributed by atoms with Gasteiger partial charge in [-0.25, -0.2) is 0 Å². The van der Waals surface area contributed by atoms with Gasteiger partial charge in [-0.1, -0.05) is 11.6 Å². The van der Waals surface area contributed by atoms with Gasteiger partial charge in [0, 0.05) is 23.4 Å². The minimum Gasteiger partial charge on any atom is -0.352 e. The number of hydrogen-bond acceptors (Lipinski definition) is 3.